The van der Waals surface area contributed by atoms with E-state index >= 15 is 0 Å². The summed E-state index contributed by atoms with van der Waals surface area (Å²) >= 11 is 19.3. The van der Waals surface area contributed by atoms with Crippen molar-refractivity contribution in [3.05, 3.63) is 27.2 Å². The van der Waals surface area contributed by atoms with Gasteiger partial charge in [0.1, 0.15) is 4.90 Å². The van der Waals surface area contributed by atoms with E-state index in [0.717, 1.165) is 11.5 Å². The lowest BCUT2D eigenvalue weighted by molar-refractivity contribution is 0.443. The first kappa shape index (κ1) is 14.8. The van der Waals surface area contributed by atoms with Crippen molar-refractivity contribution < 1.29 is 8.42 Å². The average molecular weight is 347 g/mol. The molecule has 0 atom stereocenters. The Labute approximate surface area is 125 Å². The Kier molecular flexibility index (Phi) is 4.73. The minimum Gasteiger partial charge on any atom is -0.207 e. The van der Waals surface area contributed by atoms with Crippen molar-refractivity contribution >= 4 is 56.6 Å². The van der Waals surface area contributed by atoms with Crippen molar-refractivity contribution in [1.29, 1.82) is 0 Å². The molecular weight excluding hydrogens is 337 g/mol. The number of thioether (sulfide) groups is 1. The van der Waals surface area contributed by atoms with E-state index in [2.05, 4.69) is 0 Å². The van der Waals surface area contributed by atoms with E-state index in [9.17, 15) is 8.42 Å². The minimum absolute atomic E-state index is 0.0190. The molecule has 1 aliphatic rings. The fourth-order valence-corrected chi connectivity index (χ4v) is 5.18. The van der Waals surface area contributed by atoms with E-state index in [1.807, 2.05) is 0 Å². The molecule has 1 saturated heterocycles. The van der Waals surface area contributed by atoms with Crippen LogP contribution < -0.4 is 0 Å². The monoisotopic (exact) mass is 345 g/mol. The van der Waals surface area contributed by atoms with E-state index in [-0.39, 0.29) is 20.0 Å². The quantitative estimate of drug-likeness (QED) is 0.770. The van der Waals surface area contributed by atoms with Gasteiger partial charge in [-0.15, -0.1) is 0 Å². The van der Waals surface area contributed by atoms with Gasteiger partial charge in [0.05, 0.1) is 15.1 Å². The number of nitrogens with zero attached hydrogens (tertiary/aromatic N) is 1. The van der Waals surface area contributed by atoms with Crippen LogP contribution in [0.3, 0.4) is 0 Å². The molecule has 100 valence electrons. The van der Waals surface area contributed by atoms with Gasteiger partial charge in [0.15, 0.2) is 0 Å². The van der Waals surface area contributed by atoms with Crippen LogP contribution in [0.1, 0.15) is 0 Å². The second kappa shape index (κ2) is 5.77. The van der Waals surface area contributed by atoms with Gasteiger partial charge in [-0.1, -0.05) is 34.8 Å². The Balaban J connectivity index is 2.43. The number of halogens is 3. The number of rotatable bonds is 2. The normalized spacial score (nSPS) is 17.9. The maximum absolute atomic E-state index is 12.4. The molecule has 0 amide bonds. The Morgan fingerprint density at radius 2 is 1.56 bits per heavy atom. The van der Waals surface area contributed by atoms with Crippen LogP contribution in [0.25, 0.3) is 0 Å². The number of hydrogen-bond donors (Lipinski definition) is 0. The van der Waals surface area contributed by atoms with Gasteiger partial charge in [0, 0.05) is 24.6 Å². The van der Waals surface area contributed by atoms with Crippen LogP contribution in [0.5, 0.6) is 0 Å². The molecule has 2 rings (SSSR count). The molecule has 18 heavy (non-hydrogen) atoms. The molecule has 0 spiro atoms. The molecular formula is C10H10Cl3NO2S2. The van der Waals surface area contributed by atoms with E-state index in [0.29, 0.717) is 13.1 Å². The van der Waals surface area contributed by atoms with Gasteiger partial charge in [-0.25, -0.2) is 8.42 Å². The van der Waals surface area contributed by atoms with Crippen LogP contribution in [0, 0.1) is 0 Å². The second-order valence-corrected chi connectivity index (χ2v) is 8.07. The first-order chi connectivity index (χ1) is 8.43. The molecule has 1 aromatic rings. The maximum Gasteiger partial charge on any atom is 0.244 e. The molecule has 1 fully saturated rings. The van der Waals surface area contributed by atoms with Crippen molar-refractivity contribution in [2.45, 2.75) is 4.90 Å². The molecule has 0 aliphatic carbocycles. The van der Waals surface area contributed by atoms with Crippen LogP contribution in [0.15, 0.2) is 17.0 Å². The fraction of sp³-hybridized carbons (Fsp3) is 0.400. The van der Waals surface area contributed by atoms with Gasteiger partial charge in [0.2, 0.25) is 10.0 Å². The summed E-state index contributed by atoms with van der Waals surface area (Å²) in [5.41, 5.74) is 0. The number of sulfonamides is 1. The van der Waals surface area contributed by atoms with Crippen molar-refractivity contribution in [3.63, 3.8) is 0 Å². The van der Waals surface area contributed by atoms with E-state index < -0.39 is 10.0 Å². The third kappa shape index (κ3) is 2.92. The molecule has 1 aliphatic heterocycles. The predicted molar refractivity (Wildman–Crippen MR) is 77.6 cm³/mol. The Hall–Kier alpha value is 0.350. The zero-order valence-corrected chi connectivity index (χ0v) is 13.1. The Bertz CT molecular complexity index is 556. The highest BCUT2D eigenvalue weighted by Gasteiger charge is 2.28. The molecule has 0 unspecified atom stereocenters. The lowest BCUT2D eigenvalue weighted by atomic mass is 10.4. The van der Waals surface area contributed by atoms with Crippen molar-refractivity contribution in [3.8, 4) is 0 Å². The van der Waals surface area contributed by atoms with Crippen LogP contribution in [0.2, 0.25) is 15.1 Å². The van der Waals surface area contributed by atoms with Crippen molar-refractivity contribution in [1.82, 2.24) is 4.31 Å². The van der Waals surface area contributed by atoms with Crippen molar-refractivity contribution in [2.75, 3.05) is 24.6 Å². The van der Waals surface area contributed by atoms with Gasteiger partial charge >= 0.3 is 0 Å². The fourth-order valence-electron chi connectivity index (χ4n) is 1.63. The summed E-state index contributed by atoms with van der Waals surface area (Å²) in [6.45, 7) is 0.979. The predicted octanol–water partition coefficient (Wildman–Crippen LogP) is 3.38. The highest BCUT2D eigenvalue weighted by Crippen LogP contribution is 2.33. The summed E-state index contributed by atoms with van der Waals surface area (Å²) < 4.78 is 26.2. The SMILES string of the molecule is O=S(=O)(c1cc(Cl)c(Cl)cc1Cl)N1CCSCC1. The summed E-state index contributed by atoms with van der Waals surface area (Å²) in [7, 11) is -3.59. The van der Waals surface area contributed by atoms with Crippen LogP contribution in [-0.4, -0.2) is 37.3 Å². The smallest absolute Gasteiger partial charge is 0.207 e. The van der Waals surface area contributed by atoms with Gasteiger partial charge in [-0.05, 0) is 12.1 Å². The summed E-state index contributed by atoms with van der Waals surface area (Å²) in [6.07, 6.45) is 0. The van der Waals surface area contributed by atoms with Crippen LogP contribution in [0.4, 0.5) is 0 Å². The molecule has 0 N–H and O–H groups in total. The van der Waals surface area contributed by atoms with E-state index in [4.69, 9.17) is 34.8 Å². The number of hydrogen-bond acceptors (Lipinski definition) is 3. The maximum atomic E-state index is 12.4. The molecule has 0 saturated carbocycles. The molecule has 1 heterocycles. The molecule has 8 heteroatoms. The third-order valence-corrected chi connectivity index (χ3v) is 6.59. The van der Waals surface area contributed by atoms with Gasteiger partial charge in [0.25, 0.3) is 0 Å². The zero-order valence-electron chi connectivity index (χ0n) is 9.20. The Morgan fingerprint density at radius 3 is 2.17 bits per heavy atom. The highest BCUT2D eigenvalue weighted by atomic mass is 35.5. The minimum atomic E-state index is -3.59. The highest BCUT2D eigenvalue weighted by molar-refractivity contribution is 7.99. The molecule has 0 aromatic heterocycles. The summed E-state index contributed by atoms with van der Waals surface area (Å²) in [5.74, 6) is 1.58. The lowest BCUT2D eigenvalue weighted by Crippen LogP contribution is -2.38. The summed E-state index contributed by atoms with van der Waals surface area (Å²) in [4.78, 5) is 0.0190. The summed E-state index contributed by atoms with van der Waals surface area (Å²) in [6, 6.07) is 2.67. The van der Waals surface area contributed by atoms with Gasteiger partial charge in [-0.3, -0.25) is 0 Å². The van der Waals surface area contributed by atoms with Crippen molar-refractivity contribution in [2.24, 2.45) is 0 Å². The Morgan fingerprint density at radius 1 is 1.00 bits per heavy atom. The van der Waals surface area contributed by atoms with Crippen LogP contribution in [-0.2, 0) is 10.0 Å². The largest absolute Gasteiger partial charge is 0.244 e. The first-order valence-electron chi connectivity index (χ1n) is 5.15. The van der Waals surface area contributed by atoms with E-state index in [1.54, 1.807) is 11.8 Å². The third-order valence-electron chi connectivity index (χ3n) is 2.56. The summed E-state index contributed by atoms with van der Waals surface area (Å²) in [5, 5.41) is 0.531. The van der Waals surface area contributed by atoms with Gasteiger partial charge < -0.3 is 0 Å². The van der Waals surface area contributed by atoms with E-state index in [1.165, 1.54) is 16.4 Å². The molecule has 0 radical (unpaired) electrons. The molecule has 0 bridgehead atoms. The average Bonchev–Trinajstić information content (AvgIpc) is 2.34. The topological polar surface area (TPSA) is 37.4 Å². The zero-order chi connectivity index (χ0) is 13.3. The first-order valence-corrected chi connectivity index (χ1v) is 8.88. The molecule has 1 aromatic carbocycles. The number of benzene rings is 1. The van der Waals surface area contributed by atoms with Crippen LogP contribution >= 0.6 is 46.6 Å². The molecule has 3 nitrogen and oxygen atoms in total. The lowest BCUT2D eigenvalue weighted by Gasteiger charge is -2.26. The second-order valence-electron chi connectivity index (χ2n) is 3.71. The standard InChI is InChI=1S/C10H10Cl3NO2S2/c11-7-5-9(13)10(6-8(7)12)18(15,16)14-1-3-17-4-2-14/h5-6H,1-4H2. The van der Waals surface area contributed by atoms with Gasteiger partial charge in [-0.2, -0.15) is 16.1 Å².